The van der Waals surface area contributed by atoms with Crippen LogP contribution in [0.1, 0.15) is 19.3 Å². The van der Waals surface area contributed by atoms with Gasteiger partial charge in [-0.15, -0.1) is 0 Å². The molecule has 0 amide bonds. The first-order valence-electron chi connectivity index (χ1n) is 4.04. The average molecular weight is 233 g/mol. The second-order valence-corrected chi connectivity index (χ2v) is 3.71. The summed E-state index contributed by atoms with van der Waals surface area (Å²) in [6.07, 6.45) is 4.81. The molecule has 68 valence electrons. The van der Waals surface area contributed by atoms with Crippen molar-refractivity contribution in [1.29, 1.82) is 5.41 Å². The van der Waals surface area contributed by atoms with Crippen LogP contribution in [0.15, 0.2) is 10.2 Å². The maximum Gasteiger partial charge on any atom is 0.0853 e. The first-order valence-corrected chi connectivity index (χ1v) is 4.83. The topological polar surface area (TPSA) is 56.1 Å². The van der Waals surface area contributed by atoms with Crippen LogP contribution in [0.3, 0.4) is 0 Å². The van der Waals surface area contributed by atoms with Gasteiger partial charge in [0.1, 0.15) is 0 Å². The van der Waals surface area contributed by atoms with Crippen LogP contribution >= 0.6 is 15.9 Å². The van der Waals surface area contributed by atoms with Gasteiger partial charge in [-0.1, -0.05) is 0 Å². The van der Waals surface area contributed by atoms with Gasteiger partial charge in [0.2, 0.25) is 0 Å². The third-order valence-electron chi connectivity index (χ3n) is 2.06. The zero-order valence-corrected chi connectivity index (χ0v) is 8.39. The minimum absolute atomic E-state index is 0.0934. The van der Waals surface area contributed by atoms with Crippen molar-refractivity contribution in [3.05, 3.63) is 10.2 Å². The summed E-state index contributed by atoms with van der Waals surface area (Å²) in [6.45, 7) is -0.0934. The number of halogens is 1. The van der Waals surface area contributed by atoms with Gasteiger partial charge in [-0.2, -0.15) is 0 Å². The summed E-state index contributed by atoms with van der Waals surface area (Å²) in [7, 11) is 0. The maximum atomic E-state index is 8.82. The summed E-state index contributed by atoms with van der Waals surface area (Å²) in [5.41, 5.74) is 0.599. The quantitative estimate of drug-likeness (QED) is 0.507. The molecule has 0 spiro atoms. The lowest BCUT2D eigenvalue weighted by Gasteiger charge is -2.27. The van der Waals surface area contributed by atoms with E-state index >= 15 is 0 Å². The molecule has 3 N–H and O–H groups in total. The van der Waals surface area contributed by atoms with Gasteiger partial charge in [0.05, 0.1) is 11.2 Å². The Labute approximate surface area is 80.5 Å². The Bertz CT molecular complexity index is 199. The Morgan fingerprint density at radius 1 is 1.67 bits per heavy atom. The standard InChI is InChI=1S/C8H13BrN2O/c9-8(6(4-10)5-12)11-7-2-1-3-7/h4,7,10-12H,1-3,5H2/b8-6+,10-4?. The molecule has 1 rings (SSSR count). The number of aliphatic hydroxyl groups is 1. The van der Waals surface area contributed by atoms with Crippen LogP contribution in [0.4, 0.5) is 0 Å². The van der Waals surface area contributed by atoms with Crippen molar-refractivity contribution in [2.24, 2.45) is 0 Å². The average Bonchev–Trinajstić information content (AvgIpc) is 1.99. The molecule has 4 heteroatoms. The van der Waals surface area contributed by atoms with Crippen molar-refractivity contribution in [1.82, 2.24) is 5.32 Å². The molecule has 0 atom stereocenters. The lowest BCUT2D eigenvalue weighted by molar-refractivity contribution is 0.333. The predicted molar refractivity (Wildman–Crippen MR) is 52.6 cm³/mol. The van der Waals surface area contributed by atoms with Crippen LogP contribution in [-0.2, 0) is 0 Å². The Morgan fingerprint density at radius 3 is 2.67 bits per heavy atom. The molecular formula is C8H13BrN2O. The van der Waals surface area contributed by atoms with Crippen molar-refractivity contribution < 1.29 is 5.11 Å². The van der Waals surface area contributed by atoms with Crippen LogP contribution in [0.25, 0.3) is 0 Å². The Kier molecular flexibility index (Phi) is 3.75. The molecule has 0 radical (unpaired) electrons. The minimum Gasteiger partial charge on any atom is -0.392 e. The summed E-state index contributed by atoms with van der Waals surface area (Å²) >= 11 is 3.30. The number of nitrogens with one attached hydrogen (secondary N) is 2. The van der Waals surface area contributed by atoms with E-state index in [4.69, 9.17) is 10.5 Å². The number of hydrogen-bond acceptors (Lipinski definition) is 3. The van der Waals surface area contributed by atoms with Gasteiger partial charge in [0, 0.05) is 17.8 Å². The van der Waals surface area contributed by atoms with Crippen LogP contribution in [0.5, 0.6) is 0 Å². The zero-order chi connectivity index (χ0) is 8.97. The minimum atomic E-state index is -0.0934. The van der Waals surface area contributed by atoms with E-state index in [2.05, 4.69) is 21.2 Å². The molecule has 0 aromatic heterocycles. The molecule has 0 aliphatic heterocycles. The van der Waals surface area contributed by atoms with Gasteiger partial charge in [0.15, 0.2) is 0 Å². The van der Waals surface area contributed by atoms with Gasteiger partial charge in [-0.05, 0) is 35.2 Å². The molecule has 0 aromatic rings. The molecule has 0 heterocycles. The van der Waals surface area contributed by atoms with Gasteiger partial charge in [-0.25, -0.2) is 0 Å². The van der Waals surface area contributed by atoms with Gasteiger partial charge >= 0.3 is 0 Å². The molecule has 1 aliphatic rings. The van der Waals surface area contributed by atoms with E-state index in [0.29, 0.717) is 11.6 Å². The molecule has 0 saturated heterocycles. The van der Waals surface area contributed by atoms with E-state index < -0.39 is 0 Å². The zero-order valence-electron chi connectivity index (χ0n) is 6.81. The molecule has 1 saturated carbocycles. The summed E-state index contributed by atoms with van der Waals surface area (Å²) in [5, 5.41) is 19.0. The second-order valence-electron chi connectivity index (χ2n) is 2.91. The second kappa shape index (κ2) is 4.62. The van der Waals surface area contributed by atoms with E-state index in [9.17, 15) is 0 Å². The van der Waals surface area contributed by atoms with E-state index in [1.165, 1.54) is 19.3 Å². The van der Waals surface area contributed by atoms with Crippen molar-refractivity contribution >= 4 is 22.1 Å². The maximum absolute atomic E-state index is 8.82. The smallest absolute Gasteiger partial charge is 0.0853 e. The molecule has 12 heavy (non-hydrogen) atoms. The Balaban J connectivity index is 2.46. The van der Waals surface area contributed by atoms with Crippen LogP contribution in [0, 0.1) is 5.41 Å². The summed E-state index contributed by atoms with van der Waals surface area (Å²) in [4.78, 5) is 0. The molecular weight excluding hydrogens is 220 g/mol. The third kappa shape index (κ3) is 2.32. The van der Waals surface area contributed by atoms with Crippen molar-refractivity contribution in [2.45, 2.75) is 25.3 Å². The Hall–Kier alpha value is -0.350. The number of hydrogen-bond donors (Lipinski definition) is 3. The fraction of sp³-hybridized carbons (Fsp3) is 0.625. The fourth-order valence-corrected chi connectivity index (χ4v) is 1.57. The molecule has 0 unspecified atom stereocenters. The van der Waals surface area contributed by atoms with Gasteiger partial charge in [-0.3, -0.25) is 0 Å². The lowest BCUT2D eigenvalue weighted by Crippen LogP contribution is -2.33. The highest BCUT2D eigenvalue weighted by Gasteiger charge is 2.17. The van der Waals surface area contributed by atoms with Gasteiger partial charge < -0.3 is 15.8 Å². The van der Waals surface area contributed by atoms with Crippen LogP contribution in [0.2, 0.25) is 0 Å². The van der Waals surface area contributed by atoms with Crippen molar-refractivity contribution in [3.63, 3.8) is 0 Å². The SMILES string of the molecule is N=C/C(CO)=C(/Br)NC1CCC1. The summed E-state index contributed by atoms with van der Waals surface area (Å²) in [6, 6.07) is 0.529. The highest BCUT2D eigenvalue weighted by atomic mass is 79.9. The Morgan fingerprint density at radius 2 is 2.33 bits per heavy atom. The third-order valence-corrected chi connectivity index (χ3v) is 2.80. The number of rotatable bonds is 4. The largest absolute Gasteiger partial charge is 0.392 e. The first-order chi connectivity index (χ1) is 5.77. The first kappa shape index (κ1) is 9.74. The monoisotopic (exact) mass is 232 g/mol. The van der Waals surface area contributed by atoms with E-state index in [1.807, 2.05) is 0 Å². The highest BCUT2D eigenvalue weighted by molar-refractivity contribution is 9.11. The molecule has 3 nitrogen and oxygen atoms in total. The predicted octanol–water partition coefficient (Wildman–Crippen LogP) is 1.38. The van der Waals surface area contributed by atoms with Crippen molar-refractivity contribution in [2.75, 3.05) is 6.61 Å². The van der Waals surface area contributed by atoms with E-state index in [0.717, 1.165) is 10.8 Å². The van der Waals surface area contributed by atoms with Crippen molar-refractivity contribution in [3.8, 4) is 0 Å². The summed E-state index contributed by atoms with van der Waals surface area (Å²) in [5.74, 6) is 0. The molecule has 0 aromatic carbocycles. The number of aliphatic hydroxyl groups excluding tert-OH is 1. The van der Waals surface area contributed by atoms with E-state index in [-0.39, 0.29) is 6.61 Å². The summed E-state index contributed by atoms with van der Waals surface area (Å²) < 4.78 is 0.754. The van der Waals surface area contributed by atoms with Gasteiger partial charge in [0.25, 0.3) is 0 Å². The normalized spacial score (nSPS) is 19.5. The van der Waals surface area contributed by atoms with E-state index in [1.54, 1.807) is 0 Å². The highest BCUT2D eigenvalue weighted by Crippen LogP contribution is 2.21. The molecule has 1 fully saturated rings. The molecule has 0 bridgehead atoms. The van der Waals surface area contributed by atoms with Crippen LogP contribution in [-0.4, -0.2) is 24.0 Å². The van der Waals surface area contributed by atoms with Crippen LogP contribution < -0.4 is 5.32 Å². The molecule has 1 aliphatic carbocycles. The lowest BCUT2D eigenvalue weighted by atomic mass is 9.93. The fourth-order valence-electron chi connectivity index (χ4n) is 1.00.